The summed E-state index contributed by atoms with van der Waals surface area (Å²) < 4.78 is 37.6. The average molecular weight is 434 g/mol. The summed E-state index contributed by atoms with van der Waals surface area (Å²) in [5.74, 6) is 0.288. The first kappa shape index (κ1) is 22.0. The number of aromatic nitrogens is 1. The predicted molar refractivity (Wildman–Crippen MR) is 105 cm³/mol. The fourth-order valence-electron chi connectivity index (χ4n) is 2.11. The van der Waals surface area contributed by atoms with E-state index < -0.39 is 11.9 Å². The molecule has 2 rings (SSSR count). The minimum Gasteiger partial charge on any atom is -0.356 e. The van der Waals surface area contributed by atoms with Crippen LogP contribution in [-0.4, -0.2) is 30.4 Å². The molecule has 28 heavy (non-hydrogen) atoms. The number of amides is 1. The van der Waals surface area contributed by atoms with Crippen LogP contribution >= 0.6 is 22.9 Å². The molecule has 1 amide bonds. The zero-order valence-corrected chi connectivity index (χ0v) is 16.5. The summed E-state index contributed by atoms with van der Waals surface area (Å²) in [5.41, 5.74) is -0.231. The Labute approximate surface area is 169 Å². The summed E-state index contributed by atoms with van der Waals surface area (Å²) >= 11 is 6.71. The SMILES string of the molecule is CN=C(NCCCC(=O)Nc1ccc(Cl)cc1)NCc1nc(C(F)(F)F)cs1. The van der Waals surface area contributed by atoms with E-state index in [9.17, 15) is 18.0 Å². The maximum atomic E-state index is 12.5. The van der Waals surface area contributed by atoms with Gasteiger partial charge in [-0.2, -0.15) is 13.2 Å². The van der Waals surface area contributed by atoms with Gasteiger partial charge in [0.2, 0.25) is 5.91 Å². The number of nitrogens with one attached hydrogen (secondary N) is 3. The lowest BCUT2D eigenvalue weighted by Gasteiger charge is -2.11. The van der Waals surface area contributed by atoms with Crippen LogP contribution in [0.5, 0.6) is 0 Å². The molecule has 1 aromatic heterocycles. The van der Waals surface area contributed by atoms with Crippen LogP contribution in [0.3, 0.4) is 0 Å². The van der Waals surface area contributed by atoms with Crippen molar-refractivity contribution >= 4 is 40.5 Å². The molecular formula is C17H19ClF3N5OS. The highest BCUT2D eigenvalue weighted by Gasteiger charge is 2.33. The van der Waals surface area contributed by atoms with Crippen molar-refractivity contribution in [2.45, 2.75) is 25.6 Å². The molecule has 1 heterocycles. The quantitative estimate of drug-likeness (QED) is 0.351. The first-order valence-electron chi connectivity index (χ1n) is 8.29. The van der Waals surface area contributed by atoms with Crippen LogP contribution in [0, 0.1) is 0 Å². The van der Waals surface area contributed by atoms with Gasteiger partial charge >= 0.3 is 6.18 Å². The minimum atomic E-state index is -4.44. The highest BCUT2D eigenvalue weighted by molar-refractivity contribution is 7.09. The number of alkyl halides is 3. The molecule has 3 N–H and O–H groups in total. The molecule has 152 valence electrons. The van der Waals surface area contributed by atoms with E-state index in [1.165, 1.54) is 0 Å². The Bertz CT molecular complexity index is 808. The van der Waals surface area contributed by atoms with E-state index in [4.69, 9.17) is 11.6 Å². The van der Waals surface area contributed by atoms with Crippen molar-refractivity contribution in [3.8, 4) is 0 Å². The number of carbonyl (C=O) groups is 1. The van der Waals surface area contributed by atoms with Crippen molar-refractivity contribution in [3.05, 3.63) is 45.4 Å². The minimum absolute atomic E-state index is 0.122. The molecule has 0 aliphatic rings. The van der Waals surface area contributed by atoms with Gasteiger partial charge in [-0.05, 0) is 30.7 Å². The molecule has 0 radical (unpaired) electrons. The van der Waals surface area contributed by atoms with Crippen molar-refractivity contribution < 1.29 is 18.0 Å². The molecule has 2 aromatic rings. The molecule has 0 saturated carbocycles. The number of hydrogen-bond donors (Lipinski definition) is 3. The molecule has 11 heteroatoms. The largest absolute Gasteiger partial charge is 0.434 e. The number of benzene rings is 1. The monoisotopic (exact) mass is 433 g/mol. The lowest BCUT2D eigenvalue weighted by Crippen LogP contribution is -2.37. The number of nitrogens with zero attached hydrogens (tertiary/aromatic N) is 2. The fourth-order valence-corrected chi connectivity index (χ4v) is 2.98. The van der Waals surface area contributed by atoms with Crippen LogP contribution < -0.4 is 16.0 Å². The van der Waals surface area contributed by atoms with Gasteiger partial charge in [-0.25, -0.2) is 4.98 Å². The lowest BCUT2D eigenvalue weighted by atomic mass is 10.2. The van der Waals surface area contributed by atoms with Gasteiger partial charge in [0.1, 0.15) is 5.01 Å². The Morgan fingerprint density at radius 1 is 1.25 bits per heavy atom. The number of halogens is 4. The van der Waals surface area contributed by atoms with Gasteiger partial charge in [-0.3, -0.25) is 9.79 Å². The molecule has 6 nitrogen and oxygen atoms in total. The molecular weight excluding hydrogens is 415 g/mol. The van der Waals surface area contributed by atoms with E-state index in [1.54, 1.807) is 31.3 Å². The lowest BCUT2D eigenvalue weighted by molar-refractivity contribution is -0.140. The predicted octanol–water partition coefficient (Wildman–Crippen LogP) is 3.90. The van der Waals surface area contributed by atoms with E-state index in [0.29, 0.717) is 41.1 Å². The van der Waals surface area contributed by atoms with Gasteiger partial charge in [0, 0.05) is 36.1 Å². The van der Waals surface area contributed by atoms with E-state index in [-0.39, 0.29) is 12.5 Å². The molecule has 0 bridgehead atoms. The van der Waals surface area contributed by atoms with E-state index >= 15 is 0 Å². The number of rotatable bonds is 7. The molecule has 0 aliphatic carbocycles. The maximum absolute atomic E-state index is 12.5. The topological polar surface area (TPSA) is 78.4 Å². The smallest absolute Gasteiger partial charge is 0.356 e. The zero-order valence-electron chi connectivity index (χ0n) is 14.9. The summed E-state index contributed by atoms with van der Waals surface area (Å²) in [4.78, 5) is 19.4. The molecule has 0 atom stereocenters. The Morgan fingerprint density at radius 3 is 2.57 bits per heavy atom. The first-order chi connectivity index (χ1) is 13.3. The Kier molecular flexibility index (Phi) is 8.06. The second kappa shape index (κ2) is 10.3. The number of aliphatic imine (C=N–C) groups is 1. The van der Waals surface area contributed by atoms with Gasteiger partial charge < -0.3 is 16.0 Å². The number of anilines is 1. The molecule has 0 saturated heterocycles. The molecule has 0 spiro atoms. The summed E-state index contributed by atoms with van der Waals surface area (Å²) in [7, 11) is 1.55. The summed E-state index contributed by atoms with van der Waals surface area (Å²) in [6.07, 6.45) is -3.59. The van der Waals surface area contributed by atoms with Gasteiger partial charge in [0.25, 0.3) is 0 Å². The van der Waals surface area contributed by atoms with Crippen molar-refractivity contribution in [2.75, 3.05) is 18.9 Å². The van der Waals surface area contributed by atoms with Crippen molar-refractivity contribution in [2.24, 2.45) is 4.99 Å². The van der Waals surface area contributed by atoms with Crippen molar-refractivity contribution in [1.29, 1.82) is 0 Å². The van der Waals surface area contributed by atoms with Crippen molar-refractivity contribution in [3.63, 3.8) is 0 Å². The van der Waals surface area contributed by atoms with Gasteiger partial charge in [-0.15, -0.1) is 11.3 Å². The first-order valence-corrected chi connectivity index (χ1v) is 9.55. The normalized spacial score (nSPS) is 12.0. The molecule has 1 aromatic carbocycles. The standard InChI is InChI=1S/C17H19ClF3N5OS/c1-22-16(24-9-15-26-13(10-28-15)17(19,20)21)23-8-2-3-14(27)25-12-6-4-11(18)5-7-12/h4-7,10H,2-3,8-9H2,1H3,(H,25,27)(H2,22,23,24). The third-order valence-electron chi connectivity index (χ3n) is 3.47. The maximum Gasteiger partial charge on any atom is 0.434 e. The molecule has 0 aliphatic heterocycles. The van der Waals surface area contributed by atoms with Crippen LogP contribution in [0.15, 0.2) is 34.6 Å². The highest BCUT2D eigenvalue weighted by Crippen LogP contribution is 2.29. The Morgan fingerprint density at radius 2 is 1.96 bits per heavy atom. The van der Waals surface area contributed by atoms with Crippen molar-refractivity contribution in [1.82, 2.24) is 15.6 Å². The number of hydrogen-bond acceptors (Lipinski definition) is 4. The van der Waals surface area contributed by atoms with Crippen LogP contribution in [0.25, 0.3) is 0 Å². The van der Waals surface area contributed by atoms with Crippen LogP contribution in [0.4, 0.5) is 18.9 Å². The number of thiazole rings is 1. The van der Waals surface area contributed by atoms with Crippen LogP contribution in [-0.2, 0) is 17.5 Å². The van der Waals surface area contributed by atoms with Crippen LogP contribution in [0.1, 0.15) is 23.5 Å². The average Bonchev–Trinajstić information content (AvgIpc) is 3.12. The van der Waals surface area contributed by atoms with Crippen LogP contribution in [0.2, 0.25) is 5.02 Å². The number of guanidine groups is 1. The summed E-state index contributed by atoms with van der Waals surface area (Å²) in [6.45, 7) is 0.594. The highest BCUT2D eigenvalue weighted by atomic mass is 35.5. The summed E-state index contributed by atoms with van der Waals surface area (Å²) in [6, 6.07) is 6.81. The zero-order chi connectivity index (χ0) is 20.6. The van der Waals surface area contributed by atoms with E-state index in [1.807, 2.05) is 0 Å². The third kappa shape index (κ3) is 7.35. The van der Waals surface area contributed by atoms with E-state index in [2.05, 4.69) is 25.9 Å². The second-order valence-corrected chi connectivity index (χ2v) is 7.01. The van der Waals surface area contributed by atoms with Gasteiger partial charge in [0.05, 0.1) is 6.54 Å². The number of carbonyl (C=O) groups excluding carboxylic acids is 1. The fraction of sp³-hybridized carbons (Fsp3) is 0.353. The Balaban J connectivity index is 1.67. The molecule has 0 unspecified atom stereocenters. The Hall–Kier alpha value is -2.33. The van der Waals surface area contributed by atoms with E-state index in [0.717, 1.165) is 16.7 Å². The van der Waals surface area contributed by atoms with Gasteiger partial charge in [0.15, 0.2) is 11.7 Å². The third-order valence-corrected chi connectivity index (χ3v) is 4.57. The van der Waals surface area contributed by atoms with Gasteiger partial charge in [-0.1, -0.05) is 11.6 Å². The summed E-state index contributed by atoms with van der Waals surface area (Å²) in [5, 5.41) is 10.5. The molecule has 0 fully saturated rings. The second-order valence-electron chi connectivity index (χ2n) is 5.64.